The number of ketones is 2. The summed E-state index contributed by atoms with van der Waals surface area (Å²) in [5.41, 5.74) is 1.89. The van der Waals surface area contributed by atoms with E-state index in [1.165, 1.54) is 34.4 Å². The highest BCUT2D eigenvalue weighted by molar-refractivity contribution is 7.17. The van der Waals surface area contributed by atoms with E-state index in [1.807, 2.05) is 29.2 Å². The zero-order valence-electron chi connectivity index (χ0n) is 38.2. The predicted molar refractivity (Wildman–Crippen MR) is 264 cm³/mol. The number of ether oxygens (including phenoxy) is 1. The van der Waals surface area contributed by atoms with E-state index in [-0.39, 0.29) is 80.3 Å². The Morgan fingerprint density at radius 3 is 1.96 bits per heavy atom. The first-order valence-corrected chi connectivity index (χ1v) is 23.7. The van der Waals surface area contributed by atoms with Crippen molar-refractivity contribution in [2.24, 2.45) is 0 Å². The predicted octanol–water partition coefficient (Wildman–Crippen LogP) is 7.12. The molecule has 0 atom stereocenters. The van der Waals surface area contributed by atoms with Crippen LogP contribution < -0.4 is 5.32 Å². The smallest absolute Gasteiger partial charge is 0.264 e. The average molecular weight is 947 g/mol. The highest BCUT2D eigenvalue weighted by atomic mass is 32.1. The molecule has 69 heavy (non-hydrogen) atoms. The number of morpholine rings is 1. The Kier molecular flexibility index (Phi) is 13.3. The molecular formula is C54H50N4O10S. The number of thiophene rings is 1. The largest absolute Gasteiger partial charge is 0.507 e. The maximum atomic E-state index is 15.1. The maximum absolute atomic E-state index is 15.1. The summed E-state index contributed by atoms with van der Waals surface area (Å²) in [7, 11) is 3.31. The molecule has 14 nitrogen and oxygen atoms in total. The van der Waals surface area contributed by atoms with E-state index in [9.17, 15) is 34.5 Å². The molecule has 0 saturated carbocycles. The lowest BCUT2D eigenvalue weighted by Gasteiger charge is -2.26. The number of fused-ring (bicyclic) bond motifs is 3. The number of phenolic OH excluding ortho intramolecular Hbond substituents is 3. The molecule has 15 heteroatoms. The molecule has 9 rings (SSSR count). The number of carbonyl (C=O) groups is 6. The molecule has 3 heterocycles. The first kappa shape index (κ1) is 46.6. The number of hydrogen-bond donors (Lipinski definition) is 4. The van der Waals surface area contributed by atoms with Crippen LogP contribution in [0.15, 0.2) is 91.0 Å². The van der Waals surface area contributed by atoms with Crippen molar-refractivity contribution in [1.82, 2.24) is 20.0 Å². The van der Waals surface area contributed by atoms with E-state index in [4.69, 9.17) is 4.74 Å². The van der Waals surface area contributed by atoms with Crippen molar-refractivity contribution >= 4 is 79.2 Å². The monoisotopic (exact) mass is 946 g/mol. The van der Waals surface area contributed by atoms with Gasteiger partial charge in [0.15, 0.2) is 17.9 Å². The van der Waals surface area contributed by atoms with Crippen LogP contribution in [0.3, 0.4) is 0 Å². The van der Waals surface area contributed by atoms with Crippen molar-refractivity contribution in [3.8, 4) is 27.7 Å². The van der Waals surface area contributed by atoms with Crippen LogP contribution in [-0.2, 0) is 27.2 Å². The van der Waals surface area contributed by atoms with Gasteiger partial charge in [-0.15, -0.1) is 11.3 Å². The van der Waals surface area contributed by atoms with Gasteiger partial charge in [-0.1, -0.05) is 54.6 Å². The normalized spacial score (nSPS) is 14.1. The molecule has 4 N–H and O–H groups in total. The molecule has 2 aliphatic rings. The van der Waals surface area contributed by atoms with E-state index in [0.717, 1.165) is 23.5 Å². The second kappa shape index (κ2) is 19.6. The number of hydrogen-bond acceptors (Lipinski definition) is 12. The number of nitrogens with zero attached hydrogens (tertiary/aromatic N) is 3. The molecule has 0 radical (unpaired) electrons. The highest BCUT2D eigenvalue weighted by Crippen LogP contribution is 2.41. The lowest BCUT2D eigenvalue weighted by molar-refractivity contribution is -0.135. The first-order chi connectivity index (χ1) is 33.3. The SMILES string of the molecule is CN(C)C(=O)CCc1ccc2c(C=O)c(O)cc(C(=O)c3c(O)cc(C(=O)c4c(O)ccc5cc(-c6ccc(C(=O)N7CCNCC7)s6)ccc45)c4cc(CCC(=O)N5CCOCC5)ccc34)c2c1. The molecule has 1 aromatic heterocycles. The minimum Gasteiger partial charge on any atom is -0.507 e. The Hall–Kier alpha value is -7.46. The standard InChI is InChI=1S/C54H50N4O10S/c1-56(2)48(63)15-5-31-3-9-36-38(25-31)40(28-44(61)42(36)30-59)53(66)51-37-10-4-32(6-16-49(64)57-21-23-68-24-22-57)26-39(37)41(29-45(51)62)52(65)50-35-11-7-34(27-33(35)8-12-43(50)60)46-13-14-47(69-46)54(67)58-19-17-55-18-20-58/h3-4,7-14,25-30,55,60-62H,5-6,15-24H2,1-2H3. The molecule has 6 aromatic carbocycles. The zero-order chi connectivity index (χ0) is 48.5. The van der Waals surface area contributed by atoms with Crippen molar-refractivity contribution in [3.05, 3.63) is 135 Å². The minimum atomic E-state index is -0.710. The van der Waals surface area contributed by atoms with Crippen molar-refractivity contribution < 1.29 is 48.8 Å². The van der Waals surface area contributed by atoms with Gasteiger partial charge in [0.25, 0.3) is 5.91 Å². The van der Waals surface area contributed by atoms with E-state index in [2.05, 4.69) is 5.32 Å². The van der Waals surface area contributed by atoms with Crippen LogP contribution in [0.25, 0.3) is 42.8 Å². The van der Waals surface area contributed by atoms with E-state index in [1.54, 1.807) is 67.5 Å². The summed E-state index contributed by atoms with van der Waals surface area (Å²) in [6, 6.07) is 24.8. The summed E-state index contributed by atoms with van der Waals surface area (Å²) in [5.74, 6) is -2.83. The molecule has 0 aliphatic carbocycles. The second-order valence-electron chi connectivity index (χ2n) is 17.6. The summed E-state index contributed by atoms with van der Waals surface area (Å²) >= 11 is 1.38. The molecule has 2 aliphatic heterocycles. The second-order valence-corrected chi connectivity index (χ2v) is 18.7. The number of amides is 3. The van der Waals surface area contributed by atoms with Crippen LogP contribution in [-0.4, -0.2) is 132 Å². The van der Waals surface area contributed by atoms with Gasteiger partial charge in [0, 0.05) is 82.2 Å². The van der Waals surface area contributed by atoms with Crippen LogP contribution >= 0.6 is 11.3 Å². The van der Waals surface area contributed by atoms with Gasteiger partial charge in [-0.2, -0.15) is 0 Å². The van der Waals surface area contributed by atoms with Crippen LogP contribution in [0.2, 0.25) is 0 Å². The number of aldehydes is 1. The Morgan fingerprint density at radius 2 is 1.28 bits per heavy atom. The average Bonchev–Trinajstić information content (AvgIpc) is 3.87. The lowest BCUT2D eigenvalue weighted by atomic mass is 9.86. The number of rotatable bonds is 13. The fourth-order valence-corrected chi connectivity index (χ4v) is 10.3. The molecule has 2 saturated heterocycles. The molecule has 352 valence electrons. The number of carbonyl (C=O) groups excluding carboxylic acids is 6. The van der Waals surface area contributed by atoms with E-state index < -0.39 is 23.1 Å². The Balaban J connectivity index is 1.13. The van der Waals surface area contributed by atoms with Gasteiger partial charge in [-0.25, -0.2) is 0 Å². The van der Waals surface area contributed by atoms with Gasteiger partial charge in [-0.05, 0) is 98.2 Å². The van der Waals surface area contributed by atoms with Crippen LogP contribution in [0.1, 0.15) is 75.8 Å². The van der Waals surface area contributed by atoms with E-state index in [0.29, 0.717) is 90.7 Å². The highest BCUT2D eigenvalue weighted by Gasteiger charge is 2.28. The Bertz CT molecular complexity index is 3240. The third-order valence-corrected chi connectivity index (χ3v) is 14.2. The number of nitrogens with one attached hydrogen (secondary N) is 1. The summed E-state index contributed by atoms with van der Waals surface area (Å²) < 4.78 is 5.42. The van der Waals surface area contributed by atoms with Crippen molar-refractivity contribution in [2.45, 2.75) is 25.7 Å². The minimum absolute atomic E-state index is 0.0153. The first-order valence-electron chi connectivity index (χ1n) is 22.8. The van der Waals surface area contributed by atoms with Crippen LogP contribution in [0.4, 0.5) is 0 Å². The quantitative estimate of drug-likeness (QED) is 0.0679. The molecule has 3 amide bonds. The molecule has 7 aromatic rings. The van der Waals surface area contributed by atoms with Gasteiger partial charge in [0.2, 0.25) is 11.8 Å². The molecular weight excluding hydrogens is 897 g/mol. The van der Waals surface area contributed by atoms with Crippen molar-refractivity contribution in [2.75, 3.05) is 66.6 Å². The summed E-state index contributed by atoms with van der Waals surface area (Å²) in [4.78, 5) is 87.9. The number of benzene rings is 6. The maximum Gasteiger partial charge on any atom is 0.264 e. The summed E-state index contributed by atoms with van der Waals surface area (Å²) in [5, 5.41) is 39.9. The third-order valence-electron chi connectivity index (χ3n) is 13.1. The number of piperazine rings is 1. The molecule has 0 unspecified atom stereocenters. The van der Waals surface area contributed by atoms with Crippen molar-refractivity contribution in [1.29, 1.82) is 0 Å². The molecule has 2 fully saturated rings. The molecule has 0 spiro atoms. The van der Waals surface area contributed by atoms with Gasteiger partial charge in [0.1, 0.15) is 17.2 Å². The van der Waals surface area contributed by atoms with Gasteiger partial charge in [-0.3, -0.25) is 28.8 Å². The van der Waals surface area contributed by atoms with Gasteiger partial charge >= 0.3 is 0 Å². The zero-order valence-corrected chi connectivity index (χ0v) is 39.0. The Morgan fingerprint density at radius 1 is 0.652 bits per heavy atom. The number of aryl methyl sites for hydroxylation is 2. The van der Waals surface area contributed by atoms with Crippen LogP contribution in [0.5, 0.6) is 17.2 Å². The van der Waals surface area contributed by atoms with Crippen LogP contribution in [0, 0.1) is 0 Å². The van der Waals surface area contributed by atoms with Gasteiger partial charge in [0.05, 0.1) is 34.8 Å². The lowest BCUT2D eigenvalue weighted by Crippen LogP contribution is -2.46. The summed E-state index contributed by atoms with van der Waals surface area (Å²) in [6.07, 6.45) is 1.47. The van der Waals surface area contributed by atoms with Gasteiger partial charge < -0.3 is 40.1 Å². The number of phenols is 3. The van der Waals surface area contributed by atoms with Crippen molar-refractivity contribution in [3.63, 3.8) is 0 Å². The fourth-order valence-electron chi connectivity index (χ4n) is 9.29. The topological polar surface area (TPSA) is 194 Å². The Labute approximate surface area is 401 Å². The van der Waals surface area contributed by atoms with E-state index >= 15 is 9.59 Å². The third kappa shape index (κ3) is 9.28. The fraction of sp³-hybridized carbons (Fsp3) is 0.259. The molecule has 0 bridgehead atoms. The number of aromatic hydroxyl groups is 3. The summed E-state index contributed by atoms with van der Waals surface area (Å²) in [6.45, 7) is 4.60.